The molecule has 0 bridgehead atoms. The Morgan fingerprint density at radius 1 is 1.20 bits per heavy atom. The molecule has 1 aromatic heterocycles. The first kappa shape index (κ1) is 14.2. The van der Waals surface area contributed by atoms with Gasteiger partial charge in [0.05, 0.1) is 6.42 Å². The Balaban J connectivity index is 1.87. The van der Waals surface area contributed by atoms with E-state index in [1.165, 1.54) is 0 Å². The van der Waals surface area contributed by atoms with Gasteiger partial charge in [-0.05, 0) is 12.0 Å². The average Bonchev–Trinajstić information content (AvgIpc) is 2.93. The van der Waals surface area contributed by atoms with E-state index in [1.54, 1.807) is 0 Å². The lowest BCUT2D eigenvalue weighted by Gasteiger charge is -2.00. The second-order valence-corrected chi connectivity index (χ2v) is 4.63. The first-order valence-electron chi connectivity index (χ1n) is 6.94. The van der Waals surface area contributed by atoms with E-state index in [0.717, 1.165) is 24.8 Å². The first-order chi connectivity index (χ1) is 9.79. The molecule has 0 aliphatic rings. The zero-order chi connectivity index (χ0) is 14.2. The van der Waals surface area contributed by atoms with Crippen LogP contribution in [0.4, 0.5) is 0 Å². The van der Waals surface area contributed by atoms with Crippen molar-refractivity contribution in [3.05, 3.63) is 47.7 Å². The number of rotatable bonds is 7. The monoisotopic (exact) mass is 273 g/mol. The standard InChI is InChI=1S/C15H19N3O2/c1-2-3-7-10-16-14(19)15-18-17-13(20-15)11-12-8-5-4-6-9-12/h4-6,8-9H,2-3,7,10-11H2,1H3,(H,16,19). The molecule has 0 aliphatic heterocycles. The Morgan fingerprint density at radius 2 is 2.00 bits per heavy atom. The van der Waals surface area contributed by atoms with Gasteiger partial charge < -0.3 is 9.73 Å². The zero-order valence-electron chi connectivity index (χ0n) is 11.6. The third kappa shape index (κ3) is 4.19. The lowest BCUT2D eigenvalue weighted by molar-refractivity contribution is 0.0916. The molecular weight excluding hydrogens is 254 g/mol. The maximum Gasteiger partial charge on any atom is 0.308 e. The molecule has 106 valence electrons. The number of hydrogen-bond acceptors (Lipinski definition) is 4. The summed E-state index contributed by atoms with van der Waals surface area (Å²) in [4.78, 5) is 11.8. The highest BCUT2D eigenvalue weighted by Crippen LogP contribution is 2.08. The summed E-state index contributed by atoms with van der Waals surface area (Å²) in [7, 11) is 0. The summed E-state index contributed by atoms with van der Waals surface area (Å²) in [6, 6.07) is 9.82. The van der Waals surface area contributed by atoms with Crippen LogP contribution in [0.5, 0.6) is 0 Å². The van der Waals surface area contributed by atoms with Crippen molar-refractivity contribution in [1.29, 1.82) is 0 Å². The van der Waals surface area contributed by atoms with Gasteiger partial charge in [0.1, 0.15) is 0 Å². The lowest BCUT2D eigenvalue weighted by atomic mass is 10.2. The van der Waals surface area contributed by atoms with E-state index in [4.69, 9.17) is 4.42 Å². The van der Waals surface area contributed by atoms with E-state index in [1.807, 2.05) is 30.3 Å². The Kier molecular flexibility index (Phi) is 5.29. The molecule has 5 heteroatoms. The Morgan fingerprint density at radius 3 is 2.75 bits per heavy atom. The highest BCUT2D eigenvalue weighted by Gasteiger charge is 2.14. The molecule has 0 fully saturated rings. The number of unbranched alkanes of at least 4 members (excludes halogenated alkanes) is 2. The minimum Gasteiger partial charge on any atom is -0.417 e. The molecule has 0 unspecified atom stereocenters. The van der Waals surface area contributed by atoms with Gasteiger partial charge in [-0.25, -0.2) is 0 Å². The number of benzene rings is 1. The van der Waals surface area contributed by atoms with Crippen LogP contribution in [0.25, 0.3) is 0 Å². The SMILES string of the molecule is CCCCCNC(=O)c1nnc(Cc2ccccc2)o1. The lowest BCUT2D eigenvalue weighted by Crippen LogP contribution is -2.24. The quantitative estimate of drug-likeness (QED) is 0.787. The van der Waals surface area contributed by atoms with Crippen LogP contribution in [0.3, 0.4) is 0 Å². The number of amides is 1. The minimum absolute atomic E-state index is 0.0347. The number of aromatic nitrogens is 2. The van der Waals surface area contributed by atoms with E-state index >= 15 is 0 Å². The van der Waals surface area contributed by atoms with Crippen molar-refractivity contribution in [3.63, 3.8) is 0 Å². The fourth-order valence-electron chi connectivity index (χ4n) is 1.84. The van der Waals surface area contributed by atoms with Crippen LogP contribution in [-0.4, -0.2) is 22.6 Å². The van der Waals surface area contributed by atoms with Gasteiger partial charge in [-0.1, -0.05) is 50.1 Å². The van der Waals surface area contributed by atoms with Crippen LogP contribution in [0, 0.1) is 0 Å². The molecule has 5 nitrogen and oxygen atoms in total. The van der Waals surface area contributed by atoms with Gasteiger partial charge in [0.15, 0.2) is 0 Å². The summed E-state index contributed by atoms with van der Waals surface area (Å²) in [5.41, 5.74) is 1.08. The van der Waals surface area contributed by atoms with E-state index < -0.39 is 0 Å². The average molecular weight is 273 g/mol. The highest BCUT2D eigenvalue weighted by atomic mass is 16.4. The van der Waals surface area contributed by atoms with E-state index in [-0.39, 0.29) is 11.8 Å². The molecule has 20 heavy (non-hydrogen) atoms. The van der Waals surface area contributed by atoms with Crippen molar-refractivity contribution >= 4 is 5.91 Å². The van der Waals surface area contributed by atoms with Gasteiger partial charge in [0.2, 0.25) is 5.89 Å². The molecule has 0 saturated carbocycles. The Labute approximate surface area is 118 Å². The predicted molar refractivity (Wildman–Crippen MR) is 75.4 cm³/mol. The summed E-state index contributed by atoms with van der Waals surface area (Å²) >= 11 is 0. The van der Waals surface area contributed by atoms with Gasteiger partial charge in [0, 0.05) is 6.54 Å². The zero-order valence-corrected chi connectivity index (χ0v) is 11.6. The largest absolute Gasteiger partial charge is 0.417 e. The molecule has 2 aromatic rings. The topological polar surface area (TPSA) is 68.0 Å². The Bertz CT molecular complexity index is 537. The van der Waals surface area contributed by atoms with Crippen LogP contribution in [0.2, 0.25) is 0 Å². The number of nitrogens with zero attached hydrogens (tertiary/aromatic N) is 2. The second-order valence-electron chi connectivity index (χ2n) is 4.63. The number of nitrogens with one attached hydrogen (secondary N) is 1. The fraction of sp³-hybridized carbons (Fsp3) is 0.400. The van der Waals surface area contributed by atoms with Crippen LogP contribution >= 0.6 is 0 Å². The van der Waals surface area contributed by atoms with E-state index in [0.29, 0.717) is 18.9 Å². The fourth-order valence-corrected chi connectivity index (χ4v) is 1.84. The van der Waals surface area contributed by atoms with Gasteiger partial charge in [-0.2, -0.15) is 0 Å². The maximum absolute atomic E-state index is 11.8. The van der Waals surface area contributed by atoms with Gasteiger partial charge in [-0.3, -0.25) is 4.79 Å². The third-order valence-electron chi connectivity index (χ3n) is 2.93. The number of carbonyl (C=O) groups excluding carboxylic acids is 1. The molecule has 1 N–H and O–H groups in total. The first-order valence-corrected chi connectivity index (χ1v) is 6.94. The number of carbonyl (C=O) groups is 1. The van der Waals surface area contributed by atoms with Gasteiger partial charge in [0.25, 0.3) is 0 Å². The molecule has 0 saturated heterocycles. The van der Waals surface area contributed by atoms with Gasteiger partial charge >= 0.3 is 11.8 Å². The van der Waals surface area contributed by atoms with Crippen LogP contribution in [0.15, 0.2) is 34.7 Å². The van der Waals surface area contributed by atoms with Crippen LogP contribution < -0.4 is 5.32 Å². The highest BCUT2D eigenvalue weighted by molar-refractivity contribution is 5.89. The maximum atomic E-state index is 11.8. The molecule has 0 aliphatic carbocycles. The molecule has 1 aromatic carbocycles. The summed E-state index contributed by atoms with van der Waals surface area (Å²) in [5, 5.41) is 10.5. The molecule has 0 spiro atoms. The van der Waals surface area contributed by atoms with Crippen molar-refractivity contribution in [2.24, 2.45) is 0 Å². The van der Waals surface area contributed by atoms with E-state index in [2.05, 4.69) is 22.4 Å². The van der Waals surface area contributed by atoms with E-state index in [9.17, 15) is 4.79 Å². The predicted octanol–water partition coefficient (Wildman–Crippen LogP) is 2.58. The second kappa shape index (κ2) is 7.43. The smallest absolute Gasteiger partial charge is 0.308 e. The molecule has 1 heterocycles. The van der Waals surface area contributed by atoms with Crippen molar-refractivity contribution in [3.8, 4) is 0 Å². The van der Waals surface area contributed by atoms with Crippen molar-refractivity contribution in [1.82, 2.24) is 15.5 Å². The number of hydrogen-bond donors (Lipinski definition) is 1. The summed E-state index contributed by atoms with van der Waals surface area (Å²) < 4.78 is 5.37. The van der Waals surface area contributed by atoms with Gasteiger partial charge in [-0.15, -0.1) is 10.2 Å². The summed E-state index contributed by atoms with van der Waals surface area (Å²) in [5.74, 6) is 0.190. The summed E-state index contributed by atoms with van der Waals surface area (Å²) in [6.07, 6.45) is 3.73. The molecule has 1 amide bonds. The van der Waals surface area contributed by atoms with Crippen LogP contribution in [-0.2, 0) is 6.42 Å². The van der Waals surface area contributed by atoms with Crippen molar-refractivity contribution < 1.29 is 9.21 Å². The Hall–Kier alpha value is -2.17. The summed E-state index contributed by atoms with van der Waals surface area (Å²) in [6.45, 7) is 2.76. The normalized spacial score (nSPS) is 10.4. The minimum atomic E-state index is -0.298. The third-order valence-corrected chi connectivity index (χ3v) is 2.93. The molecular formula is C15H19N3O2. The molecule has 0 radical (unpaired) electrons. The van der Waals surface area contributed by atoms with Crippen molar-refractivity contribution in [2.45, 2.75) is 32.6 Å². The van der Waals surface area contributed by atoms with Crippen molar-refractivity contribution in [2.75, 3.05) is 6.54 Å². The molecule has 0 atom stereocenters. The van der Waals surface area contributed by atoms with Crippen LogP contribution in [0.1, 0.15) is 48.3 Å². The molecule has 2 rings (SSSR count).